The second kappa shape index (κ2) is 6.43. The number of nitrogens with zero attached hydrogens (tertiary/aromatic N) is 5. The molecule has 1 fully saturated rings. The molecule has 3 heterocycles. The minimum atomic E-state index is -4.45. The molecular weight excluding hydrogens is 375 g/mol. The second-order valence-corrected chi connectivity index (χ2v) is 6.61. The Labute approximate surface area is 157 Å². The fraction of sp³-hybridized carbons (Fsp3) is 0.353. The average molecular weight is 391 g/mol. The SMILES string of the molecule is CN(c1ccnc(-c2c[nH]c3ncncc23)n1)C1(C(=O)NCC(F)(F)F)CC1. The van der Waals surface area contributed by atoms with Crippen LogP contribution in [0.2, 0.25) is 0 Å². The lowest BCUT2D eigenvalue weighted by Crippen LogP contribution is -2.50. The number of hydrogen-bond acceptors (Lipinski definition) is 6. The minimum Gasteiger partial charge on any atom is -0.345 e. The van der Waals surface area contributed by atoms with Crippen LogP contribution in [-0.2, 0) is 4.79 Å². The molecule has 0 spiro atoms. The van der Waals surface area contributed by atoms with Crippen LogP contribution >= 0.6 is 0 Å². The van der Waals surface area contributed by atoms with Crippen molar-refractivity contribution >= 4 is 22.8 Å². The Balaban J connectivity index is 1.60. The summed E-state index contributed by atoms with van der Waals surface area (Å²) < 4.78 is 37.3. The van der Waals surface area contributed by atoms with Crippen molar-refractivity contribution < 1.29 is 18.0 Å². The first-order valence-electron chi connectivity index (χ1n) is 8.49. The van der Waals surface area contributed by atoms with E-state index < -0.39 is 24.2 Å². The molecule has 0 aliphatic heterocycles. The molecule has 0 saturated heterocycles. The zero-order valence-corrected chi connectivity index (χ0v) is 14.8. The maximum atomic E-state index is 12.4. The van der Waals surface area contributed by atoms with Crippen LogP contribution in [0.1, 0.15) is 12.8 Å². The van der Waals surface area contributed by atoms with Gasteiger partial charge in [-0.1, -0.05) is 0 Å². The van der Waals surface area contributed by atoms with E-state index in [1.54, 1.807) is 36.6 Å². The van der Waals surface area contributed by atoms with E-state index >= 15 is 0 Å². The molecule has 0 radical (unpaired) electrons. The van der Waals surface area contributed by atoms with Crippen molar-refractivity contribution in [1.29, 1.82) is 0 Å². The van der Waals surface area contributed by atoms with Gasteiger partial charge in [0.25, 0.3) is 0 Å². The van der Waals surface area contributed by atoms with E-state index in [1.807, 2.05) is 5.32 Å². The van der Waals surface area contributed by atoms with Gasteiger partial charge in [0, 0.05) is 36.6 Å². The molecule has 8 nitrogen and oxygen atoms in total. The quantitative estimate of drug-likeness (QED) is 0.691. The summed E-state index contributed by atoms with van der Waals surface area (Å²) in [6.45, 7) is -1.36. The van der Waals surface area contributed by atoms with Gasteiger partial charge in [0.05, 0.1) is 0 Å². The predicted molar refractivity (Wildman–Crippen MR) is 94.3 cm³/mol. The van der Waals surface area contributed by atoms with Crippen molar-refractivity contribution in [2.24, 2.45) is 0 Å². The Morgan fingerprint density at radius 1 is 1.36 bits per heavy atom. The Bertz CT molecular complexity index is 1030. The summed E-state index contributed by atoms with van der Waals surface area (Å²) in [7, 11) is 1.64. The van der Waals surface area contributed by atoms with Crippen molar-refractivity contribution in [3.05, 3.63) is 31.0 Å². The van der Waals surface area contributed by atoms with Crippen molar-refractivity contribution in [1.82, 2.24) is 30.2 Å². The van der Waals surface area contributed by atoms with E-state index in [0.29, 0.717) is 35.7 Å². The number of alkyl halides is 3. The van der Waals surface area contributed by atoms with Crippen LogP contribution in [0.15, 0.2) is 31.0 Å². The molecule has 1 aliphatic rings. The van der Waals surface area contributed by atoms with Gasteiger partial charge in [-0.05, 0) is 18.9 Å². The van der Waals surface area contributed by atoms with E-state index in [1.165, 1.54) is 6.33 Å². The van der Waals surface area contributed by atoms with Crippen LogP contribution in [0.5, 0.6) is 0 Å². The Kier molecular flexibility index (Phi) is 4.16. The summed E-state index contributed by atoms with van der Waals surface area (Å²) in [6.07, 6.45) is 2.76. The maximum Gasteiger partial charge on any atom is 0.405 e. The molecular formula is C17H16F3N7O. The number of fused-ring (bicyclic) bond motifs is 1. The van der Waals surface area contributed by atoms with Gasteiger partial charge in [0.1, 0.15) is 29.9 Å². The normalized spacial score (nSPS) is 15.4. The summed E-state index contributed by atoms with van der Waals surface area (Å²) in [5, 5.41) is 2.71. The monoisotopic (exact) mass is 391 g/mol. The Hall–Kier alpha value is -3.24. The van der Waals surface area contributed by atoms with Gasteiger partial charge in [-0.15, -0.1) is 0 Å². The highest BCUT2D eigenvalue weighted by Crippen LogP contribution is 2.43. The van der Waals surface area contributed by atoms with Crippen LogP contribution < -0.4 is 10.2 Å². The topological polar surface area (TPSA) is 99.7 Å². The molecule has 0 bridgehead atoms. The summed E-state index contributed by atoms with van der Waals surface area (Å²) in [5.41, 5.74) is 0.301. The van der Waals surface area contributed by atoms with E-state index in [9.17, 15) is 18.0 Å². The first-order chi connectivity index (χ1) is 13.3. The lowest BCUT2D eigenvalue weighted by atomic mass is 10.2. The number of nitrogens with one attached hydrogen (secondary N) is 2. The number of aromatic nitrogens is 5. The largest absolute Gasteiger partial charge is 0.405 e. The number of amides is 1. The van der Waals surface area contributed by atoms with Gasteiger partial charge in [-0.25, -0.2) is 19.9 Å². The van der Waals surface area contributed by atoms with Gasteiger partial charge in [-0.3, -0.25) is 4.79 Å². The van der Waals surface area contributed by atoms with Crippen molar-refractivity contribution in [2.45, 2.75) is 24.6 Å². The molecule has 1 amide bonds. The molecule has 3 aromatic heterocycles. The van der Waals surface area contributed by atoms with Crippen LogP contribution in [-0.4, -0.2) is 56.1 Å². The first-order valence-corrected chi connectivity index (χ1v) is 8.49. The number of carbonyl (C=O) groups is 1. The summed E-state index contributed by atoms with van der Waals surface area (Å²) in [6, 6.07) is 1.62. The van der Waals surface area contributed by atoms with Crippen molar-refractivity contribution in [3.63, 3.8) is 0 Å². The second-order valence-electron chi connectivity index (χ2n) is 6.61. The summed E-state index contributed by atoms with van der Waals surface area (Å²) in [5.74, 6) is 0.181. The van der Waals surface area contributed by atoms with E-state index in [0.717, 1.165) is 5.39 Å². The number of likely N-dealkylation sites (N-methyl/N-ethyl adjacent to an activating group) is 1. The van der Waals surface area contributed by atoms with E-state index in [4.69, 9.17) is 0 Å². The minimum absolute atomic E-state index is 0.400. The average Bonchev–Trinajstić information content (AvgIpc) is 3.38. The fourth-order valence-corrected chi connectivity index (χ4v) is 3.11. The Morgan fingerprint density at radius 3 is 2.86 bits per heavy atom. The number of rotatable bonds is 5. The first kappa shape index (κ1) is 18.1. The Morgan fingerprint density at radius 2 is 2.14 bits per heavy atom. The van der Waals surface area contributed by atoms with Crippen LogP contribution in [0.3, 0.4) is 0 Å². The highest BCUT2D eigenvalue weighted by atomic mass is 19.4. The lowest BCUT2D eigenvalue weighted by molar-refractivity contribution is -0.139. The van der Waals surface area contributed by atoms with Crippen LogP contribution in [0.25, 0.3) is 22.4 Å². The molecule has 0 atom stereocenters. The highest BCUT2D eigenvalue weighted by Gasteiger charge is 2.54. The van der Waals surface area contributed by atoms with Gasteiger partial charge in [-0.2, -0.15) is 13.2 Å². The zero-order chi connectivity index (χ0) is 19.9. The van der Waals surface area contributed by atoms with Gasteiger partial charge in [0.15, 0.2) is 5.82 Å². The number of hydrogen-bond donors (Lipinski definition) is 2. The van der Waals surface area contributed by atoms with Crippen molar-refractivity contribution in [2.75, 3.05) is 18.5 Å². The smallest absolute Gasteiger partial charge is 0.345 e. The third-order valence-corrected chi connectivity index (χ3v) is 4.82. The molecule has 4 rings (SSSR count). The number of H-pyrrole nitrogens is 1. The number of anilines is 1. The number of carbonyl (C=O) groups excluding carboxylic acids is 1. The van der Waals surface area contributed by atoms with E-state index in [-0.39, 0.29) is 0 Å². The fourth-order valence-electron chi connectivity index (χ4n) is 3.11. The van der Waals surface area contributed by atoms with Gasteiger partial charge >= 0.3 is 6.18 Å². The van der Waals surface area contributed by atoms with Crippen molar-refractivity contribution in [3.8, 4) is 11.4 Å². The van der Waals surface area contributed by atoms with Crippen LogP contribution in [0.4, 0.5) is 19.0 Å². The molecule has 0 unspecified atom stereocenters. The molecule has 1 saturated carbocycles. The summed E-state index contributed by atoms with van der Waals surface area (Å²) >= 11 is 0. The maximum absolute atomic E-state index is 12.4. The number of halogens is 3. The molecule has 2 N–H and O–H groups in total. The molecule has 3 aromatic rings. The lowest BCUT2D eigenvalue weighted by Gasteiger charge is -2.28. The summed E-state index contributed by atoms with van der Waals surface area (Å²) in [4.78, 5) is 33.9. The van der Waals surface area contributed by atoms with Gasteiger partial charge in [0.2, 0.25) is 5.91 Å². The zero-order valence-electron chi connectivity index (χ0n) is 14.8. The third kappa shape index (κ3) is 3.23. The highest BCUT2D eigenvalue weighted by molar-refractivity contribution is 5.93. The van der Waals surface area contributed by atoms with Gasteiger partial charge < -0.3 is 15.2 Å². The number of aromatic amines is 1. The van der Waals surface area contributed by atoms with Crippen LogP contribution in [0, 0.1) is 0 Å². The molecule has 146 valence electrons. The van der Waals surface area contributed by atoms with E-state index in [2.05, 4.69) is 24.9 Å². The predicted octanol–water partition coefficient (Wildman–Crippen LogP) is 2.06. The third-order valence-electron chi connectivity index (χ3n) is 4.82. The molecule has 11 heteroatoms. The molecule has 28 heavy (non-hydrogen) atoms. The molecule has 1 aliphatic carbocycles. The molecule has 0 aromatic carbocycles. The standard InChI is InChI=1S/C17H16F3N7O/c1-27(16(3-4-16)15(28)24-8-17(18,19)20)12-2-5-22-14(26-12)11-7-23-13-10(11)6-21-9-25-13/h2,5-7,9H,3-4,8H2,1H3,(H,24,28)(H,21,23,25).